The van der Waals surface area contributed by atoms with Crippen molar-refractivity contribution in [3.05, 3.63) is 52.2 Å². The Morgan fingerprint density at radius 2 is 2.04 bits per heavy atom. The molecular weight excluding hydrogens is 382 g/mol. The minimum atomic E-state index is -3.75. The number of rotatable bonds is 4. The maximum atomic E-state index is 13.2. The van der Waals surface area contributed by atoms with Crippen LogP contribution in [0.3, 0.4) is 0 Å². The van der Waals surface area contributed by atoms with E-state index in [1.165, 1.54) is 21.1 Å². The van der Waals surface area contributed by atoms with Gasteiger partial charge in [-0.1, -0.05) is 6.07 Å². The molecule has 1 saturated heterocycles. The summed E-state index contributed by atoms with van der Waals surface area (Å²) >= 11 is 0. The molecule has 2 bridgehead atoms. The molecule has 9 heteroatoms. The lowest BCUT2D eigenvalue weighted by molar-refractivity contribution is 0.0515. The van der Waals surface area contributed by atoms with E-state index < -0.39 is 16.0 Å². The number of piperidine rings is 1. The first-order valence-electron chi connectivity index (χ1n) is 9.34. The topological polar surface area (TPSA) is 90.6 Å². The smallest absolute Gasteiger partial charge is 0.354 e. The molecule has 0 saturated carbocycles. The van der Waals surface area contributed by atoms with Gasteiger partial charge in [0.25, 0.3) is 5.56 Å². The summed E-state index contributed by atoms with van der Waals surface area (Å²) in [4.78, 5) is 24.3. The molecule has 0 aromatic carbocycles. The third kappa shape index (κ3) is 3.08. The molecule has 2 aliphatic rings. The van der Waals surface area contributed by atoms with Gasteiger partial charge in [0.05, 0.1) is 6.61 Å². The number of hydrogen-bond acceptors (Lipinski definition) is 5. The fraction of sp³-hybridized carbons (Fsp3) is 0.474. The van der Waals surface area contributed by atoms with Crippen LogP contribution in [0.2, 0.25) is 0 Å². The van der Waals surface area contributed by atoms with Gasteiger partial charge in [-0.2, -0.15) is 4.31 Å². The third-order valence-electron chi connectivity index (χ3n) is 5.55. The molecule has 0 amide bonds. The number of nitrogens with zero attached hydrogens (tertiary/aromatic N) is 3. The number of hydrogen-bond donors (Lipinski definition) is 0. The fourth-order valence-electron chi connectivity index (χ4n) is 4.28. The molecule has 2 unspecified atom stereocenters. The molecule has 0 spiro atoms. The Kier molecular flexibility index (Phi) is 4.67. The molecule has 0 radical (unpaired) electrons. The number of carbonyl (C=O) groups excluding carboxylic acids is 1. The average molecular weight is 405 g/mol. The Labute approximate surface area is 163 Å². The van der Waals surface area contributed by atoms with Crippen molar-refractivity contribution in [2.45, 2.75) is 30.7 Å². The second-order valence-electron chi connectivity index (χ2n) is 7.41. The van der Waals surface area contributed by atoms with E-state index in [9.17, 15) is 18.0 Å². The van der Waals surface area contributed by atoms with E-state index in [0.29, 0.717) is 19.6 Å². The van der Waals surface area contributed by atoms with Crippen LogP contribution in [-0.4, -0.2) is 47.5 Å². The van der Waals surface area contributed by atoms with Crippen LogP contribution in [0.5, 0.6) is 0 Å². The maximum absolute atomic E-state index is 13.2. The predicted molar refractivity (Wildman–Crippen MR) is 102 cm³/mol. The summed E-state index contributed by atoms with van der Waals surface area (Å²) in [5.74, 6) is -0.464. The van der Waals surface area contributed by atoms with Crippen molar-refractivity contribution in [3.8, 4) is 0 Å². The maximum Gasteiger partial charge on any atom is 0.354 e. The number of aryl methyl sites for hydroxylation is 1. The zero-order valence-corrected chi connectivity index (χ0v) is 16.7. The van der Waals surface area contributed by atoms with E-state index in [0.717, 1.165) is 12.1 Å². The highest BCUT2D eigenvalue weighted by Gasteiger charge is 2.40. The van der Waals surface area contributed by atoms with Crippen molar-refractivity contribution >= 4 is 16.0 Å². The molecule has 150 valence electrons. The Hall–Kier alpha value is -2.39. The lowest BCUT2D eigenvalue weighted by Gasteiger charge is -2.41. The van der Waals surface area contributed by atoms with Gasteiger partial charge < -0.3 is 13.9 Å². The summed E-state index contributed by atoms with van der Waals surface area (Å²) in [7, 11) is -2.13. The molecule has 28 heavy (non-hydrogen) atoms. The van der Waals surface area contributed by atoms with Crippen molar-refractivity contribution in [2.24, 2.45) is 13.0 Å². The Morgan fingerprint density at radius 3 is 2.79 bits per heavy atom. The van der Waals surface area contributed by atoms with E-state index in [1.807, 2.05) is 6.07 Å². The van der Waals surface area contributed by atoms with Crippen molar-refractivity contribution in [3.63, 3.8) is 0 Å². The number of ether oxygens (including phenoxy) is 1. The normalized spacial score (nSPS) is 21.9. The van der Waals surface area contributed by atoms with Crippen LogP contribution in [0.4, 0.5) is 0 Å². The van der Waals surface area contributed by atoms with Crippen LogP contribution >= 0.6 is 0 Å². The highest BCUT2D eigenvalue weighted by Crippen LogP contribution is 2.37. The van der Waals surface area contributed by atoms with Crippen LogP contribution in [0, 0.1) is 5.92 Å². The Balaban J connectivity index is 1.64. The van der Waals surface area contributed by atoms with Crippen LogP contribution in [-0.2, 0) is 28.4 Å². The quantitative estimate of drug-likeness (QED) is 0.713. The van der Waals surface area contributed by atoms with Crippen LogP contribution in [0.15, 0.2) is 40.2 Å². The van der Waals surface area contributed by atoms with Gasteiger partial charge in [0.2, 0.25) is 10.0 Å². The van der Waals surface area contributed by atoms with Crippen molar-refractivity contribution in [1.82, 2.24) is 13.4 Å². The van der Waals surface area contributed by atoms with Gasteiger partial charge in [-0.05, 0) is 31.4 Å². The van der Waals surface area contributed by atoms with Crippen LogP contribution < -0.4 is 5.56 Å². The molecule has 2 atom stereocenters. The lowest BCUT2D eigenvalue weighted by atomic mass is 9.84. The summed E-state index contributed by atoms with van der Waals surface area (Å²) in [6.07, 6.45) is 2.32. The van der Waals surface area contributed by atoms with E-state index in [1.54, 1.807) is 30.7 Å². The van der Waals surface area contributed by atoms with Crippen LogP contribution in [0.1, 0.15) is 35.4 Å². The molecule has 8 nitrogen and oxygen atoms in total. The number of pyridine rings is 1. The second kappa shape index (κ2) is 6.89. The highest BCUT2D eigenvalue weighted by atomic mass is 32.2. The first-order chi connectivity index (χ1) is 13.3. The molecule has 2 aromatic heterocycles. The minimum absolute atomic E-state index is 0.00980. The number of sulfonamides is 1. The lowest BCUT2D eigenvalue weighted by Crippen LogP contribution is -2.48. The van der Waals surface area contributed by atoms with E-state index in [2.05, 4.69) is 0 Å². The molecular formula is C19H23N3O5S. The average Bonchev–Trinajstić information content (AvgIpc) is 3.05. The molecule has 0 N–H and O–H groups in total. The second-order valence-corrected chi connectivity index (χ2v) is 9.35. The molecule has 2 aliphatic heterocycles. The van der Waals surface area contributed by atoms with Gasteiger partial charge in [0.15, 0.2) is 0 Å². The summed E-state index contributed by atoms with van der Waals surface area (Å²) in [6, 6.07) is 6.54. The van der Waals surface area contributed by atoms with Crippen LogP contribution in [0.25, 0.3) is 0 Å². The zero-order chi connectivity index (χ0) is 20.1. The zero-order valence-electron chi connectivity index (χ0n) is 15.9. The third-order valence-corrected chi connectivity index (χ3v) is 7.35. The van der Waals surface area contributed by atoms with Crippen molar-refractivity contribution in [1.29, 1.82) is 0 Å². The number of fused-ring (bicyclic) bond motifs is 4. The first kappa shape index (κ1) is 18.9. The number of esters is 1. The first-order valence-corrected chi connectivity index (χ1v) is 10.8. The molecule has 2 aromatic rings. The van der Waals surface area contributed by atoms with Gasteiger partial charge in [-0.15, -0.1) is 0 Å². The van der Waals surface area contributed by atoms with Gasteiger partial charge in [-0.25, -0.2) is 13.2 Å². The standard InChI is InChI=1S/C19H23N3O5S/c1-3-27-19(24)17-8-15(12-20(17)2)28(25,26)21-9-13-7-14(11-21)16-5-4-6-18(23)22(16)10-13/h4-6,8,12-14H,3,7,9-11H2,1-2H3. The van der Waals surface area contributed by atoms with Gasteiger partial charge in [0.1, 0.15) is 10.6 Å². The highest BCUT2D eigenvalue weighted by molar-refractivity contribution is 7.89. The Bertz CT molecular complexity index is 1090. The predicted octanol–water partition coefficient (Wildman–Crippen LogP) is 1.17. The van der Waals surface area contributed by atoms with E-state index in [-0.39, 0.29) is 34.6 Å². The SMILES string of the molecule is CCOC(=O)c1cc(S(=O)(=O)N2CC3CC(C2)c2cccc(=O)n2C3)cn1C. The molecule has 0 aliphatic carbocycles. The summed E-state index contributed by atoms with van der Waals surface area (Å²) < 4.78 is 36.2. The number of carbonyl (C=O) groups is 1. The van der Waals surface area contributed by atoms with E-state index >= 15 is 0 Å². The molecule has 1 fully saturated rings. The summed E-state index contributed by atoms with van der Waals surface area (Å²) in [6.45, 7) is 3.14. The Morgan fingerprint density at radius 1 is 1.25 bits per heavy atom. The van der Waals surface area contributed by atoms with E-state index in [4.69, 9.17) is 4.74 Å². The fourth-order valence-corrected chi connectivity index (χ4v) is 5.91. The van der Waals surface area contributed by atoms with Crippen molar-refractivity contribution in [2.75, 3.05) is 19.7 Å². The minimum Gasteiger partial charge on any atom is -0.461 e. The summed E-state index contributed by atoms with van der Waals surface area (Å²) in [5, 5.41) is 0. The van der Waals surface area contributed by atoms with Crippen molar-refractivity contribution < 1.29 is 17.9 Å². The van der Waals surface area contributed by atoms with Gasteiger partial charge in [0, 0.05) is 50.6 Å². The molecule has 4 rings (SSSR count). The monoisotopic (exact) mass is 405 g/mol. The van der Waals surface area contributed by atoms with Gasteiger partial charge >= 0.3 is 5.97 Å². The number of aromatic nitrogens is 2. The molecule has 4 heterocycles. The van der Waals surface area contributed by atoms with Gasteiger partial charge in [-0.3, -0.25) is 4.79 Å². The summed E-state index contributed by atoms with van der Waals surface area (Å²) in [5.41, 5.74) is 1.06. The largest absolute Gasteiger partial charge is 0.461 e.